The molecule has 2 aliphatic rings. The molecular weight excluding hydrogens is 1860 g/mol. The number of rotatable bonds is 93. The summed E-state index contributed by atoms with van der Waals surface area (Å²) in [6, 6.07) is -7.06. The zero-order valence-corrected chi connectivity index (χ0v) is 82.6. The molecule has 140 heavy (non-hydrogen) atoms. The molecule has 0 bridgehead atoms. The first-order valence-corrected chi connectivity index (χ1v) is 47.1. The van der Waals surface area contributed by atoms with Crippen molar-refractivity contribution in [1.29, 1.82) is 0 Å². The van der Waals surface area contributed by atoms with Crippen LogP contribution in [-0.4, -0.2) is 457 Å². The third kappa shape index (κ3) is 70.3. The minimum Gasteiger partial charge on any atom is -0.459 e. The molecule has 0 fully saturated rings. The second kappa shape index (κ2) is 83.1. The Morgan fingerprint density at radius 1 is 0.257 bits per heavy atom. The maximum absolute atomic E-state index is 14.5. The molecule has 0 aliphatic carbocycles. The van der Waals surface area contributed by atoms with Gasteiger partial charge < -0.3 is 157 Å². The molecule has 4 atom stereocenters. The van der Waals surface area contributed by atoms with Gasteiger partial charge in [-0.05, 0) is 92.9 Å². The number of nitrogens with one attached hydrogen (secondary N) is 10. The molecule has 2 rings (SSSR count). The van der Waals surface area contributed by atoms with Crippen LogP contribution in [0.5, 0.6) is 0 Å². The van der Waals surface area contributed by atoms with E-state index in [-0.39, 0.29) is 104 Å². The molecule has 0 radical (unpaired) electrons. The van der Waals surface area contributed by atoms with Gasteiger partial charge in [-0.15, -0.1) is 0 Å². The smallest absolute Gasteiger partial charge is 0.325 e. The molecule has 2 heterocycles. The van der Waals surface area contributed by atoms with Crippen LogP contribution in [0.3, 0.4) is 0 Å². The van der Waals surface area contributed by atoms with Gasteiger partial charge in [0.25, 0.3) is 23.6 Å². The summed E-state index contributed by atoms with van der Waals surface area (Å²) in [7, 11) is 3.23. The molecular formula is C90H154N12O38. The van der Waals surface area contributed by atoms with Gasteiger partial charge in [-0.1, -0.05) is 0 Å². The Balaban J connectivity index is 1.92. The van der Waals surface area contributed by atoms with Gasteiger partial charge in [0, 0.05) is 77.5 Å². The molecule has 10 N–H and O–H groups in total. The van der Waals surface area contributed by atoms with Crippen LogP contribution in [0.25, 0.3) is 0 Å². The van der Waals surface area contributed by atoms with Crippen molar-refractivity contribution in [2.75, 3.05) is 318 Å². The fourth-order valence-corrected chi connectivity index (χ4v) is 11.8. The molecule has 0 saturated carbocycles. The Hall–Kier alpha value is -9.40. The van der Waals surface area contributed by atoms with Crippen molar-refractivity contribution in [2.45, 2.75) is 141 Å². The molecule has 0 aromatic carbocycles. The topological polar surface area (TPSA) is 603 Å². The average Bonchev–Trinajstić information content (AvgIpc) is 1.59. The number of hydrogen-bond donors (Lipinski definition) is 10. The SMILES string of the molecule is COCCOCCOCCOCCOCCOCCOCCOCCOCCOCC(=O)NCCCC[C@H](NC(=O)CCCNC(=O)[C@H]([C@@H](C(=O)NCCCC(=O)N[C@@H](CCCCNC(=O)COCCOCCOCCOCCOCCOCCOCCOCCOCCOC)C(=O)NCC(=O)NCC(=O)OC(C)(C)C)N1C(=O)C=CC1=O)N1C(=O)C=CC1=O)C(=O)NCC(=O)NCC(=O)OC(C)(C)C. The number of amides is 14. The zero-order chi connectivity index (χ0) is 103. The van der Waals surface area contributed by atoms with E-state index in [4.69, 9.17) is 104 Å². The van der Waals surface area contributed by atoms with Gasteiger partial charge in [0.05, 0.1) is 251 Å². The second-order valence-corrected chi connectivity index (χ2v) is 32.4. The maximum Gasteiger partial charge on any atom is 0.325 e. The highest BCUT2D eigenvalue weighted by atomic mass is 16.6. The predicted molar refractivity (Wildman–Crippen MR) is 494 cm³/mol. The number of ether oxygens (including phenoxy) is 22. The van der Waals surface area contributed by atoms with Crippen molar-refractivity contribution >= 4 is 94.6 Å². The highest BCUT2D eigenvalue weighted by Crippen LogP contribution is 2.22. The quantitative estimate of drug-likeness (QED) is 0.0156. The lowest BCUT2D eigenvalue weighted by Crippen LogP contribution is -2.66. The van der Waals surface area contributed by atoms with Crippen molar-refractivity contribution in [3.8, 4) is 0 Å². The van der Waals surface area contributed by atoms with E-state index in [1.165, 1.54) is 0 Å². The number of nitrogens with zero attached hydrogens (tertiary/aromatic N) is 2. The lowest BCUT2D eigenvalue weighted by molar-refractivity contribution is -0.156. The van der Waals surface area contributed by atoms with Crippen LogP contribution in [0.15, 0.2) is 24.3 Å². The molecule has 2 aliphatic heterocycles. The van der Waals surface area contributed by atoms with Crippen LogP contribution in [0.4, 0.5) is 0 Å². The van der Waals surface area contributed by atoms with Crippen molar-refractivity contribution in [3.63, 3.8) is 0 Å². The highest BCUT2D eigenvalue weighted by Gasteiger charge is 2.50. The number of carbonyl (C=O) groups is 16. The maximum atomic E-state index is 14.5. The average molecular weight is 2010 g/mol. The van der Waals surface area contributed by atoms with Crippen LogP contribution in [0, 0.1) is 0 Å². The summed E-state index contributed by atoms with van der Waals surface area (Å²) in [5.74, 6) is -14.0. The van der Waals surface area contributed by atoms with Gasteiger partial charge in [0.15, 0.2) is 0 Å². The summed E-state index contributed by atoms with van der Waals surface area (Å²) in [5, 5.41) is 25.0. The Morgan fingerprint density at radius 2 is 0.486 bits per heavy atom. The fourth-order valence-electron chi connectivity index (χ4n) is 11.8. The largest absolute Gasteiger partial charge is 0.459 e. The normalized spacial score (nSPS) is 13.4. The third-order valence-corrected chi connectivity index (χ3v) is 18.5. The molecule has 0 unspecified atom stereocenters. The number of unbranched alkanes of at least 4 members (excludes halogenated alkanes) is 2. The van der Waals surface area contributed by atoms with Gasteiger partial charge in [0.2, 0.25) is 59.1 Å². The molecule has 50 heteroatoms. The molecule has 0 spiro atoms. The number of methoxy groups -OCH3 is 2. The van der Waals surface area contributed by atoms with Gasteiger partial charge in [-0.3, -0.25) is 86.5 Å². The van der Waals surface area contributed by atoms with Crippen molar-refractivity contribution in [3.05, 3.63) is 24.3 Å². The summed E-state index contributed by atoms with van der Waals surface area (Å²) < 4.78 is 119. The van der Waals surface area contributed by atoms with E-state index in [0.717, 1.165) is 24.3 Å². The summed E-state index contributed by atoms with van der Waals surface area (Å²) >= 11 is 0. The van der Waals surface area contributed by atoms with Crippen LogP contribution in [0.1, 0.15) is 106 Å². The van der Waals surface area contributed by atoms with Gasteiger partial charge in [-0.2, -0.15) is 0 Å². The molecule has 0 saturated heterocycles. The Kier molecular flexibility index (Phi) is 75.2. The third-order valence-electron chi connectivity index (χ3n) is 18.5. The van der Waals surface area contributed by atoms with E-state index in [0.29, 0.717) is 221 Å². The minimum atomic E-state index is -2.25. The van der Waals surface area contributed by atoms with Gasteiger partial charge in [-0.25, -0.2) is 0 Å². The number of imide groups is 2. The van der Waals surface area contributed by atoms with E-state index in [9.17, 15) is 76.7 Å². The number of carbonyl (C=O) groups excluding carboxylic acids is 16. The van der Waals surface area contributed by atoms with E-state index in [1.54, 1.807) is 55.8 Å². The molecule has 802 valence electrons. The summed E-state index contributed by atoms with van der Waals surface area (Å²) in [4.78, 5) is 213. The first kappa shape index (κ1) is 127. The minimum absolute atomic E-state index is 0.0239. The zero-order valence-electron chi connectivity index (χ0n) is 82.6. The molecule has 0 aromatic rings. The fraction of sp³-hybridized carbons (Fsp3) is 0.778. The summed E-state index contributed by atoms with van der Waals surface area (Å²) in [5.41, 5.74) is -1.70. The van der Waals surface area contributed by atoms with E-state index >= 15 is 0 Å². The van der Waals surface area contributed by atoms with Crippen molar-refractivity contribution < 1.29 is 181 Å². The van der Waals surface area contributed by atoms with Crippen molar-refractivity contribution in [2.24, 2.45) is 0 Å². The standard InChI is InChI=1S/C90H154N12O38/c1-89(2,3)139-81(113)65-95-73(105)63-97-85(115)69(15-9-11-23-91-75(107)67-137-61-59-135-57-55-133-53-51-131-49-47-129-45-43-127-41-39-125-37-35-123-33-31-121-29-27-119-7)99-71(103)17-13-25-93-87(117)83(101-77(109)19-20-78(101)110)84(102-79(111)21-22-80(102)112)88(118)94-26-14-18-72(104)100-70(86(116)98-64-74(106)96-66-82(114)140-90(4,5)6)16-10-12-24-92-76(108)68-138-62-60-136-58-56-134-54-52-132-50-48-130-46-44-128-42-40-126-38-36-124-34-32-122-30-28-120-8/h19-22,69-70,83-84H,9-18,23-68H2,1-8H3,(H,91,107)(H,92,108)(H,93,117)(H,94,118)(H,95,105)(H,96,106)(H,97,115)(H,98,116)(H,99,103)(H,100,104)/t69-,70-,83-,84-/m0/s1. The second-order valence-electron chi connectivity index (χ2n) is 32.4. The first-order valence-electron chi connectivity index (χ1n) is 47.1. The lowest BCUT2D eigenvalue weighted by Gasteiger charge is -2.35. The summed E-state index contributed by atoms with van der Waals surface area (Å²) in [6.45, 7) is 20.4. The number of esters is 2. The predicted octanol–water partition coefficient (Wildman–Crippen LogP) is -4.35. The monoisotopic (exact) mass is 2010 g/mol. The van der Waals surface area contributed by atoms with Crippen molar-refractivity contribution in [1.82, 2.24) is 63.0 Å². The van der Waals surface area contributed by atoms with Gasteiger partial charge in [0.1, 0.15) is 61.7 Å². The van der Waals surface area contributed by atoms with Crippen LogP contribution >= 0.6 is 0 Å². The molecule has 0 aromatic heterocycles. The van der Waals surface area contributed by atoms with Crippen LogP contribution in [-0.2, 0) is 181 Å². The van der Waals surface area contributed by atoms with E-state index in [1.807, 2.05) is 0 Å². The van der Waals surface area contributed by atoms with E-state index in [2.05, 4.69) is 53.2 Å². The summed E-state index contributed by atoms with van der Waals surface area (Å²) in [6.07, 6.45) is 2.95. The highest BCUT2D eigenvalue weighted by molar-refractivity contribution is 6.19. The Labute approximate surface area is 818 Å². The Bertz CT molecular complexity index is 3320. The molecule has 50 nitrogen and oxygen atoms in total. The first-order chi connectivity index (χ1) is 67.5. The molecule has 14 amide bonds. The van der Waals surface area contributed by atoms with Crippen LogP contribution < -0.4 is 53.2 Å². The lowest BCUT2D eigenvalue weighted by atomic mass is 10.0. The van der Waals surface area contributed by atoms with E-state index < -0.39 is 182 Å². The number of hydrogen-bond acceptors (Lipinski definition) is 38. The van der Waals surface area contributed by atoms with Crippen LogP contribution in [0.2, 0.25) is 0 Å². The van der Waals surface area contributed by atoms with Gasteiger partial charge >= 0.3 is 11.9 Å². The Morgan fingerprint density at radius 3 is 0.721 bits per heavy atom.